The summed E-state index contributed by atoms with van der Waals surface area (Å²) in [7, 11) is 0. The summed E-state index contributed by atoms with van der Waals surface area (Å²) in [6, 6.07) is 0. The number of ether oxygens (including phenoxy) is 1. The molecule has 3 nitrogen and oxygen atoms in total. The third kappa shape index (κ3) is 2.03. The Morgan fingerprint density at radius 2 is 2.38 bits per heavy atom. The van der Waals surface area contributed by atoms with Gasteiger partial charge in [-0.1, -0.05) is 0 Å². The Kier molecular flexibility index (Phi) is 2.86. The molecule has 2 fully saturated rings. The average Bonchev–Trinajstić information content (AvgIpc) is 2.77. The van der Waals surface area contributed by atoms with Gasteiger partial charge < -0.3 is 15.2 Å². The smallest absolute Gasteiger partial charge is 0.0614 e. The number of nitrogens with one attached hydrogen (secondary N) is 1. The highest BCUT2D eigenvalue weighted by molar-refractivity contribution is 4.95. The second-order valence-electron chi connectivity index (χ2n) is 4.31. The van der Waals surface area contributed by atoms with E-state index in [0.29, 0.717) is 6.10 Å². The van der Waals surface area contributed by atoms with E-state index in [1.165, 1.54) is 19.3 Å². The van der Waals surface area contributed by atoms with Crippen molar-refractivity contribution < 1.29 is 9.84 Å². The highest BCUT2D eigenvalue weighted by atomic mass is 16.5. The topological polar surface area (TPSA) is 41.5 Å². The van der Waals surface area contributed by atoms with Crippen molar-refractivity contribution in [2.24, 2.45) is 0 Å². The second kappa shape index (κ2) is 3.95. The predicted octanol–water partition coefficient (Wildman–Crippen LogP) is 0.670. The molecule has 0 aliphatic carbocycles. The molecule has 13 heavy (non-hydrogen) atoms. The van der Waals surface area contributed by atoms with Crippen LogP contribution in [0.25, 0.3) is 0 Å². The molecule has 2 N–H and O–H groups in total. The Balaban J connectivity index is 1.88. The first-order valence-corrected chi connectivity index (χ1v) is 5.32. The fraction of sp³-hybridized carbons (Fsp3) is 1.00. The summed E-state index contributed by atoms with van der Waals surface area (Å²) in [5.41, 5.74) is -0.0188. The van der Waals surface area contributed by atoms with Crippen molar-refractivity contribution in [2.75, 3.05) is 19.8 Å². The lowest BCUT2D eigenvalue weighted by atomic mass is 9.90. The molecule has 2 aliphatic heterocycles. The van der Waals surface area contributed by atoms with E-state index in [1.807, 2.05) is 0 Å². The molecular formula is C10H19NO2. The molecule has 2 atom stereocenters. The van der Waals surface area contributed by atoms with Crippen LogP contribution in [0.1, 0.15) is 32.1 Å². The van der Waals surface area contributed by atoms with Crippen LogP contribution >= 0.6 is 0 Å². The summed E-state index contributed by atoms with van der Waals surface area (Å²) in [5.74, 6) is 0. The van der Waals surface area contributed by atoms with Crippen LogP contribution in [-0.2, 0) is 4.74 Å². The first-order valence-electron chi connectivity index (χ1n) is 5.32. The molecule has 2 aliphatic rings. The maximum atomic E-state index is 9.36. The molecule has 0 amide bonds. The van der Waals surface area contributed by atoms with E-state index in [-0.39, 0.29) is 12.1 Å². The third-order valence-electron chi connectivity index (χ3n) is 3.28. The lowest BCUT2D eigenvalue weighted by Gasteiger charge is -2.29. The third-order valence-corrected chi connectivity index (χ3v) is 3.28. The number of rotatable bonds is 3. The van der Waals surface area contributed by atoms with Gasteiger partial charge in [0.05, 0.1) is 12.7 Å². The van der Waals surface area contributed by atoms with Gasteiger partial charge in [0.25, 0.3) is 0 Å². The molecule has 2 saturated heterocycles. The van der Waals surface area contributed by atoms with Crippen LogP contribution in [-0.4, -0.2) is 36.5 Å². The second-order valence-corrected chi connectivity index (χ2v) is 4.31. The lowest BCUT2D eigenvalue weighted by Crippen LogP contribution is -2.46. The predicted molar refractivity (Wildman–Crippen MR) is 50.6 cm³/mol. The van der Waals surface area contributed by atoms with E-state index >= 15 is 0 Å². The molecule has 0 bridgehead atoms. The van der Waals surface area contributed by atoms with Crippen molar-refractivity contribution >= 4 is 0 Å². The van der Waals surface area contributed by atoms with Gasteiger partial charge in [-0.05, 0) is 38.6 Å². The molecule has 2 unspecified atom stereocenters. The standard InChI is InChI=1S/C10H19NO2/c12-8-10(4-2-5-11-10)7-9-3-1-6-13-9/h9,11-12H,1-8H2. The zero-order chi connectivity index (χ0) is 9.15. The van der Waals surface area contributed by atoms with E-state index in [1.54, 1.807) is 0 Å². The van der Waals surface area contributed by atoms with E-state index in [9.17, 15) is 5.11 Å². The van der Waals surface area contributed by atoms with Crippen molar-refractivity contribution in [3.05, 3.63) is 0 Å². The summed E-state index contributed by atoms with van der Waals surface area (Å²) in [5, 5.41) is 12.8. The van der Waals surface area contributed by atoms with Crippen molar-refractivity contribution in [3.63, 3.8) is 0 Å². The summed E-state index contributed by atoms with van der Waals surface area (Å²) in [6.45, 7) is 2.21. The lowest BCUT2D eigenvalue weighted by molar-refractivity contribution is 0.0593. The van der Waals surface area contributed by atoms with Gasteiger partial charge in [-0.25, -0.2) is 0 Å². The Labute approximate surface area is 79.5 Å². The highest BCUT2D eigenvalue weighted by Gasteiger charge is 2.36. The van der Waals surface area contributed by atoms with Crippen LogP contribution in [0.4, 0.5) is 0 Å². The van der Waals surface area contributed by atoms with Gasteiger partial charge in [0.2, 0.25) is 0 Å². The monoisotopic (exact) mass is 185 g/mol. The van der Waals surface area contributed by atoms with E-state index in [2.05, 4.69) is 5.32 Å². The molecule has 0 radical (unpaired) electrons. The van der Waals surface area contributed by atoms with E-state index in [0.717, 1.165) is 26.0 Å². The maximum absolute atomic E-state index is 9.36. The SMILES string of the molecule is OCC1(CC2CCCO2)CCCN1. The zero-order valence-corrected chi connectivity index (χ0v) is 8.09. The summed E-state index contributed by atoms with van der Waals surface area (Å²) in [6.07, 6.45) is 6.02. The van der Waals surface area contributed by atoms with Crippen molar-refractivity contribution in [3.8, 4) is 0 Å². The minimum absolute atomic E-state index is 0.0188. The molecule has 0 spiro atoms. The van der Waals surface area contributed by atoms with Gasteiger partial charge in [-0.3, -0.25) is 0 Å². The molecule has 2 heterocycles. The quantitative estimate of drug-likeness (QED) is 0.679. The minimum Gasteiger partial charge on any atom is -0.394 e. The Bertz CT molecular complexity index is 160. The van der Waals surface area contributed by atoms with Crippen molar-refractivity contribution in [1.82, 2.24) is 5.32 Å². The van der Waals surface area contributed by atoms with Crippen LogP contribution in [0.15, 0.2) is 0 Å². The van der Waals surface area contributed by atoms with Crippen LogP contribution in [0.3, 0.4) is 0 Å². The molecule has 76 valence electrons. The summed E-state index contributed by atoms with van der Waals surface area (Å²) in [4.78, 5) is 0. The van der Waals surface area contributed by atoms with Crippen molar-refractivity contribution in [1.29, 1.82) is 0 Å². The maximum Gasteiger partial charge on any atom is 0.0614 e. The molecule has 2 rings (SSSR count). The minimum atomic E-state index is -0.0188. The van der Waals surface area contributed by atoms with E-state index < -0.39 is 0 Å². The molecular weight excluding hydrogens is 166 g/mol. The molecule has 0 aromatic rings. The van der Waals surface area contributed by atoms with Crippen LogP contribution < -0.4 is 5.32 Å². The van der Waals surface area contributed by atoms with Gasteiger partial charge in [-0.2, -0.15) is 0 Å². The van der Waals surface area contributed by atoms with E-state index in [4.69, 9.17) is 4.74 Å². The normalized spacial score (nSPS) is 39.9. The van der Waals surface area contributed by atoms with Gasteiger partial charge in [0.15, 0.2) is 0 Å². The zero-order valence-electron chi connectivity index (χ0n) is 8.09. The fourth-order valence-corrected chi connectivity index (χ4v) is 2.48. The molecule has 3 heteroatoms. The van der Waals surface area contributed by atoms with Crippen LogP contribution in [0.2, 0.25) is 0 Å². The highest BCUT2D eigenvalue weighted by Crippen LogP contribution is 2.28. The Morgan fingerprint density at radius 3 is 2.92 bits per heavy atom. The van der Waals surface area contributed by atoms with Crippen molar-refractivity contribution in [2.45, 2.75) is 43.7 Å². The molecule has 0 aromatic heterocycles. The molecule has 0 aromatic carbocycles. The Morgan fingerprint density at radius 1 is 1.46 bits per heavy atom. The Hall–Kier alpha value is -0.120. The number of aliphatic hydroxyl groups excluding tert-OH is 1. The van der Waals surface area contributed by atoms with Gasteiger partial charge in [0.1, 0.15) is 0 Å². The average molecular weight is 185 g/mol. The fourth-order valence-electron chi connectivity index (χ4n) is 2.48. The molecule has 0 saturated carbocycles. The largest absolute Gasteiger partial charge is 0.394 e. The summed E-state index contributed by atoms with van der Waals surface area (Å²) >= 11 is 0. The van der Waals surface area contributed by atoms with Gasteiger partial charge in [-0.15, -0.1) is 0 Å². The van der Waals surface area contributed by atoms with Crippen LogP contribution in [0.5, 0.6) is 0 Å². The number of aliphatic hydroxyl groups is 1. The van der Waals surface area contributed by atoms with Gasteiger partial charge >= 0.3 is 0 Å². The van der Waals surface area contributed by atoms with Gasteiger partial charge in [0, 0.05) is 12.1 Å². The number of hydrogen-bond acceptors (Lipinski definition) is 3. The van der Waals surface area contributed by atoms with Crippen LogP contribution in [0, 0.1) is 0 Å². The first-order chi connectivity index (χ1) is 6.35. The number of hydrogen-bond donors (Lipinski definition) is 2. The first kappa shape index (κ1) is 9.44. The summed E-state index contributed by atoms with van der Waals surface area (Å²) < 4.78 is 5.59.